The SMILES string of the molecule is O=C(NC1CCCC1)c1onc(-c2ccc(C(F)(F)F)c(F)c2)c1CCl. The molecule has 26 heavy (non-hydrogen) atoms. The first-order valence-corrected chi connectivity index (χ1v) is 8.57. The van der Waals surface area contributed by atoms with E-state index < -0.39 is 23.5 Å². The van der Waals surface area contributed by atoms with E-state index >= 15 is 0 Å². The van der Waals surface area contributed by atoms with Crippen LogP contribution in [0, 0.1) is 5.82 Å². The van der Waals surface area contributed by atoms with Crippen molar-refractivity contribution in [2.45, 2.75) is 43.8 Å². The summed E-state index contributed by atoms with van der Waals surface area (Å²) in [7, 11) is 0. The first-order chi connectivity index (χ1) is 12.3. The second kappa shape index (κ2) is 7.26. The van der Waals surface area contributed by atoms with Crippen molar-refractivity contribution < 1.29 is 26.9 Å². The number of aromatic nitrogens is 1. The number of carbonyl (C=O) groups is 1. The Morgan fingerprint density at radius 1 is 1.31 bits per heavy atom. The van der Waals surface area contributed by atoms with Crippen LogP contribution >= 0.6 is 11.6 Å². The number of nitrogens with zero attached hydrogens (tertiary/aromatic N) is 1. The number of rotatable bonds is 4. The summed E-state index contributed by atoms with van der Waals surface area (Å²) in [5.74, 6) is -2.19. The molecule has 1 aliphatic carbocycles. The number of alkyl halides is 4. The number of hydrogen-bond donors (Lipinski definition) is 1. The average molecular weight is 391 g/mol. The van der Waals surface area contributed by atoms with Gasteiger partial charge in [0.05, 0.1) is 11.4 Å². The van der Waals surface area contributed by atoms with Crippen molar-refractivity contribution in [1.82, 2.24) is 10.5 Å². The molecule has 0 saturated heterocycles. The third kappa shape index (κ3) is 3.70. The van der Waals surface area contributed by atoms with Crippen molar-refractivity contribution in [3.05, 3.63) is 40.9 Å². The maximum absolute atomic E-state index is 13.8. The quantitative estimate of drug-likeness (QED) is 0.596. The molecule has 2 aromatic rings. The van der Waals surface area contributed by atoms with Gasteiger partial charge in [0.1, 0.15) is 11.5 Å². The summed E-state index contributed by atoms with van der Waals surface area (Å²) in [4.78, 5) is 12.4. The van der Waals surface area contributed by atoms with Crippen LogP contribution in [-0.2, 0) is 12.1 Å². The molecule has 1 aromatic heterocycles. The van der Waals surface area contributed by atoms with Gasteiger partial charge in [-0.3, -0.25) is 4.79 Å². The molecule has 1 aromatic carbocycles. The molecule has 3 rings (SSSR count). The molecule has 4 nitrogen and oxygen atoms in total. The standard InChI is InChI=1S/C17H15ClF4N2O2/c18-8-11-14(9-5-6-12(13(19)7-9)17(20,21)22)24-26-15(11)16(25)23-10-3-1-2-4-10/h5-7,10H,1-4,8H2,(H,23,25). The van der Waals surface area contributed by atoms with E-state index in [0.717, 1.165) is 31.7 Å². The van der Waals surface area contributed by atoms with Crippen molar-refractivity contribution in [1.29, 1.82) is 0 Å². The third-order valence-electron chi connectivity index (χ3n) is 4.37. The first-order valence-electron chi connectivity index (χ1n) is 8.03. The zero-order valence-corrected chi connectivity index (χ0v) is 14.3. The summed E-state index contributed by atoms with van der Waals surface area (Å²) >= 11 is 5.88. The van der Waals surface area contributed by atoms with Crippen molar-refractivity contribution in [2.75, 3.05) is 0 Å². The number of benzene rings is 1. The Morgan fingerprint density at radius 3 is 2.58 bits per heavy atom. The highest BCUT2D eigenvalue weighted by Gasteiger charge is 2.34. The highest BCUT2D eigenvalue weighted by Crippen LogP contribution is 2.35. The lowest BCUT2D eigenvalue weighted by atomic mass is 10.0. The number of carbonyl (C=O) groups excluding carboxylic acids is 1. The van der Waals surface area contributed by atoms with Crippen LogP contribution in [0.1, 0.15) is 47.4 Å². The summed E-state index contributed by atoms with van der Waals surface area (Å²) in [6.45, 7) is 0. The largest absolute Gasteiger partial charge is 0.419 e. The Balaban J connectivity index is 1.90. The van der Waals surface area contributed by atoms with Crippen LogP contribution in [0.5, 0.6) is 0 Å². The van der Waals surface area contributed by atoms with E-state index in [1.165, 1.54) is 0 Å². The van der Waals surface area contributed by atoms with Gasteiger partial charge in [0.15, 0.2) is 0 Å². The Kier molecular flexibility index (Phi) is 5.22. The fraction of sp³-hybridized carbons (Fsp3) is 0.412. The van der Waals surface area contributed by atoms with Gasteiger partial charge >= 0.3 is 6.18 Å². The predicted octanol–water partition coefficient (Wildman–Crippen LogP) is 4.91. The number of nitrogens with one attached hydrogen (secondary N) is 1. The first kappa shape index (κ1) is 18.7. The molecule has 140 valence electrons. The minimum absolute atomic E-state index is 0.0442. The summed E-state index contributed by atoms with van der Waals surface area (Å²) < 4.78 is 56.9. The highest BCUT2D eigenvalue weighted by molar-refractivity contribution is 6.18. The summed E-state index contributed by atoms with van der Waals surface area (Å²) in [6, 6.07) is 2.44. The van der Waals surface area contributed by atoms with E-state index in [1.54, 1.807) is 0 Å². The number of hydrogen-bond acceptors (Lipinski definition) is 3. The van der Waals surface area contributed by atoms with Gasteiger partial charge in [0, 0.05) is 17.2 Å². The van der Waals surface area contributed by atoms with Gasteiger partial charge in [0.25, 0.3) is 5.91 Å². The smallest absolute Gasteiger partial charge is 0.350 e. The van der Waals surface area contributed by atoms with Gasteiger partial charge in [-0.1, -0.05) is 24.1 Å². The highest BCUT2D eigenvalue weighted by atomic mass is 35.5. The van der Waals surface area contributed by atoms with Crippen LogP contribution in [0.4, 0.5) is 17.6 Å². The average Bonchev–Trinajstić information content (AvgIpc) is 3.22. The summed E-state index contributed by atoms with van der Waals surface area (Å²) in [6.07, 6.45) is -1.01. The molecular formula is C17H15ClF4N2O2. The molecule has 9 heteroatoms. The molecule has 0 aliphatic heterocycles. The minimum Gasteiger partial charge on any atom is -0.350 e. The Morgan fingerprint density at radius 2 is 2.00 bits per heavy atom. The maximum Gasteiger partial charge on any atom is 0.419 e. The molecule has 0 bridgehead atoms. The predicted molar refractivity (Wildman–Crippen MR) is 86.2 cm³/mol. The van der Waals surface area contributed by atoms with Crippen LogP contribution in [-0.4, -0.2) is 17.1 Å². The normalized spacial score (nSPS) is 15.4. The van der Waals surface area contributed by atoms with Gasteiger partial charge in [-0.2, -0.15) is 13.2 Å². The molecule has 1 saturated carbocycles. The molecule has 1 N–H and O–H groups in total. The summed E-state index contributed by atoms with van der Waals surface area (Å²) in [5.41, 5.74) is -1.07. The molecule has 1 heterocycles. The zero-order chi connectivity index (χ0) is 18.9. The van der Waals surface area contributed by atoms with E-state index in [0.29, 0.717) is 12.1 Å². The van der Waals surface area contributed by atoms with Crippen LogP contribution in [0.3, 0.4) is 0 Å². The van der Waals surface area contributed by atoms with Crippen molar-refractivity contribution >= 4 is 17.5 Å². The monoisotopic (exact) mass is 390 g/mol. The van der Waals surface area contributed by atoms with E-state index in [4.69, 9.17) is 16.1 Å². The van der Waals surface area contributed by atoms with Crippen LogP contribution in [0.2, 0.25) is 0 Å². The van der Waals surface area contributed by atoms with E-state index in [-0.39, 0.29) is 34.5 Å². The summed E-state index contributed by atoms with van der Waals surface area (Å²) in [5, 5.41) is 6.54. The topological polar surface area (TPSA) is 55.1 Å². The maximum atomic E-state index is 13.8. The molecule has 1 aliphatic rings. The van der Waals surface area contributed by atoms with Gasteiger partial charge in [-0.05, 0) is 25.0 Å². The van der Waals surface area contributed by atoms with E-state index in [1.807, 2.05) is 0 Å². The van der Waals surface area contributed by atoms with Gasteiger partial charge < -0.3 is 9.84 Å². The molecule has 0 spiro atoms. The van der Waals surface area contributed by atoms with Gasteiger partial charge in [0.2, 0.25) is 5.76 Å². The second-order valence-corrected chi connectivity index (χ2v) is 6.39. The fourth-order valence-corrected chi connectivity index (χ4v) is 3.30. The lowest BCUT2D eigenvalue weighted by Gasteiger charge is -2.10. The third-order valence-corrected chi connectivity index (χ3v) is 4.63. The molecular weight excluding hydrogens is 376 g/mol. The van der Waals surface area contributed by atoms with Crippen LogP contribution in [0.25, 0.3) is 11.3 Å². The number of halogens is 5. The van der Waals surface area contributed by atoms with Crippen LogP contribution < -0.4 is 5.32 Å². The van der Waals surface area contributed by atoms with Gasteiger partial charge in [-0.25, -0.2) is 4.39 Å². The lowest BCUT2D eigenvalue weighted by molar-refractivity contribution is -0.139. The number of amides is 1. The Labute approximate surface area is 151 Å². The van der Waals surface area contributed by atoms with Crippen LogP contribution in [0.15, 0.2) is 22.7 Å². The fourth-order valence-electron chi connectivity index (χ4n) is 3.05. The Bertz CT molecular complexity index is 814. The molecule has 0 radical (unpaired) electrons. The second-order valence-electron chi connectivity index (χ2n) is 6.12. The van der Waals surface area contributed by atoms with Crippen molar-refractivity contribution in [2.24, 2.45) is 0 Å². The molecule has 1 amide bonds. The Hall–Kier alpha value is -2.09. The minimum atomic E-state index is -4.80. The molecule has 1 fully saturated rings. The van der Waals surface area contributed by atoms with E-state index in [9.17, 15) is 22.4 Å². The lowest BCUT2D eigenvalue weighted by Crippen LogP contribution is -2.32. The molecule has 0 unspecified atom stereocenters. The van der Waals surface area contributed by atoms with E-state index in [2.05, 4.69) is 10.5 Å². The molecule has 0 atom stereocenters. The zero-order valence-electron chi connectivity index (χ0n) is 13.5. The van der Waals surface area contributed by atoms with Crippen molar-refractivity contribution in [3.63, 3.8) is 0 Å². The van der Waals surface area contributed by atoms with Gasteiger partial charge in [-0.15, -0.1) is 11.6 Å². The van der Waals surface area contributed by atoms with Crippen molar-refractivity contribution in [3.8, 4) is 11.3 Å².